The highest BCUT2D eigenvalue weighted by Crippen LogP contribution is 2.38. The molecule has 0 bridgehead atoms. The van der Waals surface area contributed by atoms with Crippen LogP contribution in [0, 0.1) is 0 Å². The van der Waals surface area contributed by atoms with Gasteiger partial charge in [0, 0.05) is 0 Å². The van der Waals surface area contributed by atoms with Crippen LogP contribution in [0.4, 0.5) is 0 Å². The molecule has 4 nitrogen and oxygen atoms in total. The van der Waals surface area contributed by atoms with Gasteiger partial charge < -0.3 is 14.8 Å². The third-order valence-corrected chi connectivity index (χ3v) is 4.17. The van der Waals surface area contributed by atoms with Gasteiger partial charge in [0.1, 0.15) is 11.4 Å². The van der Waals surface area contributed by atoms with Crippen LogP contribution < -0.4 is 10.1 Å². The number of nitrogens with one attached hydrogen (secondary N) is 1. The minimum Gasteiger partial charge on any atom is -0.487 e. The average Bonchev–Trinajstić information content (AvgIpc) is 2.47. The van der Waals surface area contributed by atoms with Crippen molar-refractivity contribution in [3.8, 4) is 5.75 Å². The van der Waals surface area contributed by atoms with Gasteiger partial charge in [0.05, 0.1) is 12.7 Å². The van der Waals surface area contributed by atoms with Crippen molar-refractivity contribution in [1.29, 1.82) is 0 Å². The first-order chi connectivity index (χ1) is 9.22. The van der Waals surface area contributed by atoms with E-state index in [1.807, 2.05) is 12.1 Å². The standard InChI is InChI=1S/C15H19NO3/c1-18-14(17)12-2-3-13-11(10-12)4-5-15(19-13)6-8-16-9-7-15/h2-3,10,16H,4-9H2,1H3. The number of hydrogen-bond donors (Lipinski definition) is 1. The Morgan fingerprint density at radius 3 is 2.84 bits per heavy atom. The van der Waals surface area contributed by atoms with E-state index >= 15 is 0 Å². The zero-order valence-electron chi connectivity index (χ0n) is 11.2. The number of carbonyl (C=O) groups excluding carboxylic acids is 1. The summed E-state index contributed by atoms with van der Waals surface area (Å²) < 4.78 is 11.0. The summed E-state index contributed by atoms with van der Waals surface area (Å²) in [6, 6.07) is 5.59. The SMILES string of the molecule is COC(=O)c1ccc2c(c1)CCC1(CCNCC1)O2. The zero-order valence-corrected chi connectivity index (χ0v) is 11.2. The minimum atomic E-state index is -0.287. The molecule has 0 aliphatic carbocycles. The summed E-state index contributed by atoms with van der Waals surface area (Å²) in [6.07, 6.45) is 4.13. The number of carbonyl (C=O) groups is 1. The van der Waals surface area contributed by atoms with Crippen molar-refractivity contribution in [1.82, 2.24) is 5.32 Å². The summed E-state index contributed by atoms with van der Waals surface area (Å²) in [5.41, 5.74) is 1.73. The number of hydrogen-bond acceptors (Lipinski definition) is 4. The maximum absolute atomic E-state index is 11.5. The zero-order chi connectivity index (χ0) is 13.3. The molecule has 0 atom stereocenters. The highest BCUT2D eigenvalue weighted by Gasteiger charge is 2.37. The maximum atomic E-state index is 11.5. The van der Waals surface area contributed by atoms with E-state index in [2.05, 4.69) is 5.32 Å². The summed E-state index contributed by atoms with van der Waals surface area (Å²) in [5.74, 6) is 0.644. The lowest BCUT2D eigenvalue weighted by Gasteiger charge is -2.41. The normalized spacial score (nSPS) is 20.5. The van der Waals surface area contributed by atoms with Crippen LogP contribution in [0.25, 0.3) is 0 Å². The monoisotopic (exact) mass is 261 g/mol. The first-order valence-electron chi connectivity index (χ1n) is 6.83. The lowest BCUT2D eigenvalue weighted by molar-refractivity contribution is 0.0169. The van der Waals surface area contributed by atoms with Gasteiger partial charge in [0.15, 0.2) is 0 Å². The summed E-state index contributed by atoms with van der Waals surface area (Å²) >= 11 is 0. The van der Waals surface area contributed by atoms with Gasteiger partial charge in [-0.05, 0) is 62.5 Å². The number of aryl methyl sites for hydroxylation is 1. The highest BCUT2D eigenvalue weighted by atomic mass is 16.5. The van der Waals surface area contributed by atoms with Gasteiger partial charge in [-0.3, -0.25) is 0 Å². The second-order valence-electron chi connectivity index (χ2n) is 5.35. The third kappa shape index (κ3) is 2.32. The molecule has 2 heterocycles. The van der Waals surface area contributed by atoms with Crippen molar-refractivity contribution in [3.63, 3.8) is 0 Å². The lowest BCUT2D eigenvalue weighted by atomic mass is 9.83. The first kappa shape index (κ1) is 12.5. The number of benzene rings is 1. The molecule has 19 heavy (non-hydrogen) atoms. The molecule has 4 heteroatoms. The molecule has 102 valence electrons. The van der Waals surface area contributed by atoms with E-state index in [4.69, 9.17) is 9.47 Å². The van der Waals surface area contributed by atoms with E-state index in [1.54, 1.807) is 6.07 Å². The predicted molar refractivity (Wildman–Crippen MR) is 71.6 cm³/mol. The molecule has 0 unspecified atom stereocenters. The van der Waals surface area contributed by atoms with Gasteiger partial charge in [-0.15, -0.1) is 0 Å². The Bertz CT molecular complexity index is 492. The number of fused-ring (bicyclic) bond motifs is 1. The molecule has 0 amide bonds. The van der Waals surface area contributed by atoms with E-state index in [-0.39, 0.29) is 11.6 Å². The molecule has 1 saturated heterocycles. The fraction of sp³-hybridized carbons (Fsp3) is 0.533. The van der Waals surface area contributed by atoms with E-state index in [1.165, 1.54) is 7.11 Å². The first-order valence-corrected chi connectivity index (χ1v) is 6.83. The van der Waals surface area contributed by atoms with Crippen LogP contribution in [0.3, 0.4) is 0 Å². The number of piperidine rings is 1. The van der Waals surface area contributed by atoms with Crippen molar-refractivity contribution in [2.24, 2.45) is 0 Å². The molecule has 1 aromatic rings. The molecule has 1 N–H and O–H groups in total. The summed E-state index contributed by atoms with van der Waals surface area (Å²) in [5, 5.41) is 3.37. The van der Waals surface area contributed by atoms with Crippen molar-refractivity contribution < 1.29 is 14.3 Å². The summed E-state index contributed by atoms with van der Waals surface area (Å²) in [6.45, 7) is 2.05. The van der Waals surface area contributed by atoms with Crippen LogP contribution in [0.1, 0.15) is 35.2 Å². The smallest absolute Gasteiger partial charge is 0.337 e. The third-order valence-electron chi connectivity index (χ3n) is 4.17. The maximum Gasteiger partial charge on any atom is 0.337 e. The van der Waals surface area contributed by atoms with E-state index in [0.717, 1.165) is 50.1 Å². The Labute approximate surface area is 113 Å². The summed E-state index contributed by atoms with van der Waals surface area (Å²) in [4.78, 5) is 11.5. The van der Waals surface area contributed by atoms with Crippen molar-refractivity contribution in [2.45, 2.75) is 31.3 Å². The Balaban J connectivity index is 1.84. The van der Waals surface area contributed by atoms with Gasteiger partial charge in [0.2, 0.25) is 0 Å². The molecule has 0 aromatic heterocycles. The Hall–Kier alpha value is -1.55. The Morgan fingerprint density at radius 1 is 1.32 bits per heavy atom. The van der Waals surface area contributed by atoms with E-state index < -0.39 is 0 Å². The van der Waals surface area contributed by atoms with Gasteiger partial charge in [0.25, 0.3) is 0 Å². The van der Waals surface area contributed by atoms with Gasteiger partial charge >= 0.3 is 5.97 Å². The van der Waals surface area contributed by atoms with Crippen LogP contribution in [-0.2, 0) is 11.2 Å². The quantitative estimate of drug-likeness (QED) is 0.785. The molecular formula is C15H19NO3. The van der Waals surface area contributed by atoms with Crippen molar-refractivity contribution >= 4 is 5.97 Å². The van der Waals surface area contributed by atoms with Gasteiger partial charge in [-0.1, -0.05) is 0 Å². The molecule has 1 spiro atoms. The van der Waals surface area contributed by atoms with Crippen LogP contribution in [0.5, 0.6) is 5.75 Å². The number of ether oxygens (including phenoxy) is 2. The fourth-order valence-electron chi connectivity index (χ4n) is 3.00. The van der Waals surface area contributed by atoms with Crippen LogP contribution >= 0.6 is 0 Å². The largest absolute Gasteiger partial charge is 0.487 e. The molecular weight excluding hydrogens is 242 g/mol. The molecule has 1 fully saturated rings. The molecule has 2 aliphatic rings. The van der Waals surface area contributed by atoms with E-state index in [9.17, 15) is 4.79 Å². The molecule has 1 aromatic carbocycles. The van der Waals surface area contributed by atoms with Gasteiger partial charge in [-0.25, -0.2) is 4.79 Å². The second-order valence-corrected chi connectivity index (χ2v) is 5.35. The number of esters is 1. The number of methoxy groups -OCH3 is 1. The lowest BCUT2D eigenvalue weighted by Crippen LogP contribution is -2.48. The van der Waals surface area contributed by atoms with E-state index in [0.29, 0.717) is 5.56 Å². The van der Waals surface area contributed by atoms with Crippen LogP contribution in [-0.4, -0.2) is 31.8 Å². The fourth-order valence-corrected chi connectivity index (χ4v) is 3.00. The molecule has 2 aliphatic heterocycles. The van der Waals surface area contributed by atoms with Gasteiger partial charge in [-0.2, -0.15) is 0 Å². The molecule has 0 saturated carbocycles. The van der Waals surface area contributed by atoms with Crippen LogP contribution in [0.2, 0.25) is 0 Å². The Kier molecular flexibility index (Phi) is 3.19. The van der Waals surface area contributed by atoms with Crippen molar-refractivity contribution in [2.75, 3.05) is 20.2 Å². The minimum absolute atomic E-state index is 0.00499. The van der Waals surface area contributed by atoms with Crippen molar-refractivity contribution in [3.05, 3.63) is 29.3 Å². The topological polar surface area (TPSA) is 47.6 Å². The second kappa shape index (κ2) is 4.85. The molecule has 3 rings (SSSR count). The highest BCUT2D eigenvalue weighted by molar-refractivity contribution is 5.89. The van der Waals surface area contributed by atoms with Crippen LogP contribution in [0.15, 0.2) is 18.2 Å². The Morgan fingerprint density at radius 2 is 2.11 bits per heavy atom. The molecule has 0 radical (unpaired) electrons. The number of rotatable bonds is 1. The summed E-state index contributed by atoms with van der Waals surface area (Å²) in [7, 11) is 1.41. The predicted octanol–water partition coefficient (Wildman–Crippen LogP) is 1.92. The average molecular weight is 261 g/mol.